The summed E-state index contributed by atoms with van der Waals surface area (Å²) < 4.78 is 27.2. The van der Waals surface area contributed by atoms with Crippen molar-refractivity contribution in [2.75, 3.05) is 5.32 Å². The highest BCUT2D eigenvalue weighted by Gasteiger charge is 2.17. The Morgan fingerprint density at radius 3 is 2.26 bits per heavy atom. The minimum absolute atomic E-state index is 0.110. The molecule has 0 aliphatic rings. The molecule has 2 N–H and O–H groups in total. The van der Waals surface area contributed by atoms with E-state index in [0.29, 0.717) is 12.0 Å². The maximum Gasteiger partial charge on any atom is 0.149 e. The van der Waals surface area contributed by atoms with Crippen LogP contribution in [-0.2, 0) is 0 Å². The number of benzene rings is 2. The summed E-state index contributed by atoms with van der Waals surface area (Å²) in [7, 11) is 0. The molecule has 0 aliphatic heterocycles. The fourth-order valence-electron chi connectivity index (χ4n) is 1.99. The first-order chi connectivity index (χ1) is 9.13. The Hall–Kier alpha value is -2.10. The Morgan fingerprint density at radius 2 is 1.68 bits per heavy atom. The third-order valence-corrected chi connectivity index (χ3v) is 3.00. The first-order valence-corrected chi connectivity index (χ1v) is 6.12. The van der Waals surface area contributed by atoms with Crippen molar-refractivity contribution in [2.24, 2.45) is 0 Å². The van der Waals surface area contributed by atoms with Gasteiger partial charge >= 0.3 is 0 Å². The molecule has 0 saturated heterocycles. The minimum atomic E-state index is -0.645. The van der Waals surface area contributed by atoms with E-state index in [9.17, 15) is 13.9 Å². The van der Waals surface area contributed by atoms with Crippen molar-refractivity contribution in [2.45, 2.75) is 19.4 Å². The zero-order valence-electron chi connectivity index (χ0n) is 10.5. The Morgan fingerprint density at radius 1 is 1.05 bits per heavy atom. The number of anilines is 1. The third-order valence-electron chi connectivity index (χ3n) is 3.00. The largest absolute Gasteiger partial charge is 0.508 e. The zero-order valence-corrected chi connectivity index (χ0v) is 10.5. The second-order valence-electron chi connectivity index (χ2n) is 4.26. The van der Waals surface area contributed by atoms with Gasteiger partial charge in [-0.15, -0.1) is 0 Å². The van der Waals surface area contributed by atoms with Gasteiger partial charge in [-0.3, -0.25) is 0 Å². The molecule has 2 nitrogen and oxygen atoms in total. The number of aromatic hydroxyl groups is 1. The number of hydrogen-bond donors (Lipinski definition) is 2. The smallest absolute Gasteiger partial charge is 0.149 e. The van der Waals surface area contributed by atoms with Crippen LogP contribution in [0.15, 0.2) is 42.5 Å². The number of hydrogen-bond acceptors (Lipinski definition) is 2. The molecule has 2 aromatic carbocycles. The van der Waals surface area contributed by atoms with E-state index in [1.165, 1.54) is 18.2 Å². The molecule has 0 bridgehead atoms. The van der Waals surface area contributed by atoms with E-state index in [0.717, 1.165) is 0 Å². The van der Waals surface area contributed by atoms with Gasteiger partial charge < -0.3 is 10.4 Å². The number of phenolic OH excluding ortho intramolecular Hbond substituents is 1. The summed E-state index contributed by atoms with van der Waals surface area (Å²) in [5.41, 5.74) is 0.449. The number of nitrogens with one attached hydrogen (secondary N) is 1. The average Bonchev–Trinajstić information content (AvgIpc) is 2.40. The fourth-order valence-corrected chi connectivity index (χ4v) is 1.99. The monoisotopic (exact) mass is 263 g/mol. The van der Waals surface area contributed by atoms with Gasteiger partial charge in [0, 0.05) is 5.56 Å². The van der Waals surface area contributed by atoms with Gasteiger partial charge in [0.2, 0.25) is 0 Å². The van der Waals surface area contributed by atoms with E-state index >= 15 is 0 Å². The number of para-hydroxylation sites is 2. The summed E-state index contributed by atoms with van der Waals surface area (Å²) in [6.07, 6.45) is 0.589. The van der Waals surface area contributed by atoms with Crippen molar-refractivity contribution >= 4 is 5.69 Å². The lowest BCUT2D eigenvalue weighted by Crippen LogP contribution is -2.12. The Labute approximate surface area is 110 Å². The molecule has 0 aliphatic carbocycles. The Bertz CT molecular complexity index is 552. The van der Waals surface area contributed by atoms with Gasteiger partial charge in [-0.1, -0.05) is 31.2 Å². The van der Waals surface area contributed by atoms with Crippen LogP contribution in [0.2, 0.25) is 0 Å². The number of phenols is 1. The fraction of sp³-hybridized carbons (Fsp3) is 0.200. The van der Waals surface area contributed by atoms with Crippen LogP contribution in [0.1, 0.15) is 24.9 Å². The van der Waals surface area contributed by atoms with E-state index in [2.05, 4.69) is 5.32 Å². The van der Waals surface area contributed by atoms with Gasteiger partial charge in [-0.25, -0.2) is 8.78 Å². The number of rotatable bonds is 4. The van der Waals surface area contributed by atoms with Crippen LogP contribution in [0, 0.1) is 11.6 Å². The normalized spacial score (nSPS) is 12.2. The van der Waals surface area contributed by atoms with Crippen LogP contribution in [0.5, 0.6) is 5.75 Å². The quantitative estimate of drug-likeness (QED) is 0.865. The highest BCUT2D eigenvalue weighted by molar-refractivity contribution is 5.49. The highest BCUT2D eigenvalue weighted by atomic mass is 19.1. The van der Waals surface area contributed by atoms with Gasteiger partial charge in [-0.2, -0.15) is 0 Å². The van der Waals surface area contributed by atoms with E-state index in [4.69, 9.17) is 0 Å². The summed E-state index contributed by atoms with van der Waals surface area (Å²) >= 11 is 0. The first-order valence-electron chi connectivity index (χ1n) is 6.12. The highest BCUT2D eigenvalue weighted by Crippen LogP contribution is 2.31. The number of halogens is 2. The summed E-state index contributed by atoms with van der Waals surface area (Å²) in [5.74, 6) is -1.18. The van der Waals surface area contributed by atoms with Crippen molar-refractivity contribution in [3.8, 4) is 5.75 Å². The molecule has 0 fully saturated rings. The lowest BCUT2D eigenvalue weighted by molar-refractivity contribution is 0.462. The lowest BCUT2D eigenvalue weighted by atomic mass is 10.0. The Balaban J connectivity index is 2.32. The average molecular weight is 263 g/mol. The minimum Gasteiger partial charge on any atom is -0.508 e. The molecule has 0 aromatic heterocycles. The lowest BCUT2D eigenvalue weighted by Gasteiger charge is -2.20. The van der Waals surface area contributed by atoms with E-state index in [1.54, 1.807) is 24.3 Å². The predicted molar refractivity (Wildman–Crippen MR) is 71.1 cm³/mol. The maximum absolute atomic E-state index is 13.6. The van der Waals surface area contributed by atoms with Crippen molar-refractivity contribution in [3.05, 3.63) is 59.7 Å². The second-order valence-corrected chi connectivity index (χ2v) is 4.26. The predicted octanol–water partition coefficient (Wildman–Crippen LogP) is 4.23. The van der Waals surface area contributed by atoms with Gasteiger partial charge in [-0.05, 0) is 24.6 Å². The van der Waals surface area contributed by atoms with Crippen LogP contribution in [0.25, 0.3) is 0 Å². The van der Waals surface area contributed by atoms with Crippen molar-refractivity contribution in [3.63, 3.8) is 0 Å². The molecule has 0 radical (unpaired) electrons. The molecule has 0 saturated carbocycles. The molecular weight excluding hydrogens is 248 g/mol. The molecule has 0 spiro atoms. The molecule has 2 aromatic rings. The van der Waals surface area contributed by atoms with Gasteiger partial charge in [0.15, 0.2) is 0 Å². The maximum atomic E-state index is 13.6. The van der Waals surface area contributed by atoms with Crippen LogP contribution in [0.3, 0.4) is 0 Å². The van der Waals surface area contributed by atoms with Crippen LogP contribution in [0.4, 0.5) is 14.5 Å². The van der Waals surface area contributed by atoms with Crippen LogP contribution in [-0.4, -0.2) is 5.11 Å². The van der Waals surface area contributed by atoms with Crippen LogP contribution < -0.4 is 5.32 Å². The molecule has 0 amide bonds. The van der Waals surface area contributed by atoms with Gasteiger partial charge in [0.25, 0.3) is 0 Å². The zero-order chi connectivity index (χ0) is 13.8. The van der Waals surface area contributed by atoms with Gasteiger partial charge in [0.05, 0.1) is 6.04 Å². The van der Waals surface area contributed by atoms with Crippen molar-refractivity contribution in [1.29, 1.82) is 0 Å². The van der Waals surface area contributed by atoms with E-state index in [-0.39, 0.29) is 17.5 Å². The molecular formula is C15H15F2NO. The standard InChI is InChI=1S/C15H15F2NO/c1-2-13(10-6-3-4-9-14(10)19)18-15-11(16)7-5-8-12(15)17/h3-9,13,18-19H,2H2,1H3. The molecule has 1 atom stereocenters. The molecule has 19 heavy (non-hydrogen) atoms. The van der Waals surface area contributed by atoms with E-state index in [1.807, 2.05) is 6.92 Å². The first kappa shape index (κ1) is 13.3. The van der Waals surface area contributed by atoms with Gasteiger partial charge in [0.1, 0.15) is 23.1 Å². The van der Waals surface area contributed by atoms with Crippen molar-refractivity contribution < 1.29 is 13.9 Å². The second kappa shape index (κ2) is 5.69. The summed E-state index contributed by atoms with van der Waals surface area (Å²) in [4.78, 5) is 0. The third kappa shape index (κ3) is 2.84. The summed E-state index contributed by atoms with van der Waals surface area (Å²) in [6, 6.07) is 10.1. The molecule has 1 unspecified atom stereocenters. The molecule has 2 rings (SSSR count). The summed E-state index contributed by atoms with van der Waals surface area (Å²) in [6.45, 7) is 1.88. The van der Waals surface area contributed by atoms with Crippen LogP contribution >= 0.6 is 0 Å². The topological polar surface area (TPSA) is 32.3 Å². The molecule has 100 valence electrons. The molecule has 0 heterocycles. The SMILES string of the molecule is CCC(Nc1c(F)cccc1F)c1ccccc1O. The summed E-state index contributed by atoms with van der Waals surface area (Å²) in [5, 5.41) is 12.6. The Kier molecular flexibility index (Phi) is 4.00. The van der Waals surface area contributed by atoms with E-state index < -0.39 is 11.6 Å². The van der Waals surface area contributed by atoms with Crippen molar-refractivity contribution in [1.82, 2.24) is 0 Å². The molecule has 4 heteroatoms.